The van der Waals surface area contributed by atoms with Crippen LogP contribution in [0.2, 0.25) is 0 Å². The Morgan fingerprint density at radius 1 is 1.16 bits per heavy atom. The van der Waals surface area contributed by atoms with E-state index in [2.05, 4.69) is 58.1 Å². The number of amides is 2. The fraction of sp³-hybridized carbons (Fsp3) is 0.619. The minimum atomic E-state index is -0.262. The molecule has 0 aliphatic carbocycles. The fourth-order valence-electron chi connectivity index (χ4n) is 3.47. The van der Waals surface area contributed by atoms with Crippen molar-refractivity contribution in [3.8, 4) is 0 Å². The number of nitrogens with one attached hydrogen (secondary N) is 1. The van der Waals surface area contributed by atoms with Crippen LogP contribution in [0.1, 0.15) is 77.3 Å². The van der Waals surface area contributed by atoms with E-state index in [1.807, 2.05) is 11.8 Å². The number of carbonyl (C=O) groups excluding carboxylic acids is 2. The first kappa shape index (κ1) is 19.5. The Balaban J connectivity index is 2.22. The summed E-state index contributed by atoms with van der Waals surface area (Å²) in [6.07, 6.45) is 1.23. The monoisotopic (exact) mass is 344 g/mol. The second-order valence-electron chi connectivity index (χ2n) is 7.81. The maximum absolute atomic E-state index is 12.9. The van der Waals surface area contributed by atoms with Crippen molar-refractivity contribution in [3.63, 3.8) is 0 Å². The number of likely N-dealkylation sites (tertiary alicyclic amines) is 1. The number of nitrogens with zero attached hydrogens (tertiary/aromatic N) is 1. The first-order valence-electron chi connectivity index (χ1n) is 9.49. The van der Waals surface area contributed by atoms with E-state index in [0.717, 1.165) is 23.2 Å². The van der Waals surface area contributed by atoms with Gasteiger partial charge in [0.2, 0.25) is 11.8 Å². The van der Waals surface area contributed by atoms with Gasteiger partial charge >= 0.3 is 0 Å². The van der Waals surface area contributed by atoms with Crippen molar-refractivity contribution < 1.29 is 9.59 Å². The van der Waals surface area contributed by atoms with Gasteiger partial charge in [0.15, 0.2) is 0 Å². The normalized spacial score (nSPS) is 19.0. The summed E-state index contributed by atoms with van der Waals surface area (Å²) in [5.74, 6) is 0.457. The van der Waals surface area contributed by atoms with Crippen molar-refractivity contribution in [2.45, 2.75) is 72.3 Å². The molecule has 4 heteroatoms. The van der Waals surface area contributed by atoms with Gasteiger partial charge in [-0.2, -0.15) is 0 Å². The van der Waals surface area contributed by atoms with Crippen LogP contribution in [0.4, 0.5) is 5.69 Å². The molecule has 25 heavy (non-hydrogen) atoms. The summed E-state index contributed by atoms with van der Waals surface area (Å²) in [5.41, 5.74) is 3.25. The molecule has 2 rings (SSSR count). The lowest BCUT2D eigenvalue weighted by Gasteiger charge is -2.24. The van der Waals surface area contributed by atoms with E-state index in [4.69, 9.17) is 0 Å². The van der Waals surface area contributed by atoms with Crippen molar-refractivity contribution in [3.05, 3.63) is 29.3 Å². The Morgan fingerprint density at radius 2 is 1.72 bits per heavy atom. The van der Waals surface area contributed by atoms with Gasteiger partial charge in [-0.25, -0.2) is 0 Å². The van der Waals surface area contributed by atoms with Crippen molar-refractivity contribution in [2.75, 3.05) is 11.9 Å². The smallest absolute Gasteiger partial charge is 0.229 e. The molecule has 0 radical (unpaired) electrons. The van der Waals surface area contributed by atoms with Crippen LogP contribution in [0.25, 0.3) is 0 Å². The highest BCUT2D eigenvalue weighted by Crippen LogP contribution is 2.33. The molecule has 0 spiro atoms. The number of hydrogen-bond acceptors (Lipinski definition) is 2. The summed E-state index contributed by atoms with van der Waals surface area (Å²) in [7, 11) is 0. The van der Waals surface area contributed by atoms with Crippen LogP contribution in [0.3, 0.4) is 0 Å². The predicted molar refractivity (Wildman–Crippen MR) is 103 cm³/mol. The largest absolute Gasteiger partial charge is 0.339 e. The summed E-state index contributed by atoms with van der Waals surface area (Å²) in [4.78, 5) is 27.0. The average molecular weight is 344 g/mol. The Hall–Kier alpha value is -1.84. The topological polar surface area (TPSA) is 49.4 Å². The van der Waals surface area contributed by atoms with Crippen molar-refractivity contribution in [2.24, 2.45) is 5.92 Å². The maximum Gasteiger partial charge on any atom is 0.229 e. The lowest BCUT2D eigenvalue weighted by Crippen LogP contribution is -2.35. The molecule has 2 atom stereocenters. The zero-order chi connectivity index (χ0) is 18.7. The minimum absolute atomic E-state index is 0.0332. The summed E-state index contributed by atoms with van der Waals surface area (Å²) >= 11 is 0. The maximum atomic E-state index is 12.9. The Bertz CT molecular complexity index is 611. The van der Waals surface area contributed by atoms with Crippen LogP contribution in [0.5, 0.6) is 0 Å². The van der Waals surface area contributed by atoms with Gasteiger partial charge in [0, 0.05) is 24.7 Å². The molecule has 1 fully saturated rings. The van der Waals surface area contributed by atoms with Crippen molar-refractivity contribution in [1.29, 1.82) is 0 Å². The predicted octanol–water partition coefficient (Wildman–Crippen LogP) is 4.52. The third-order valence-electron chi connectivity index (χ3n) is 5.27. The van der Waals surface area contributed by atoms with Gasteiger partial charge in [0.05, 0.1) is 5.92 Å². The van der Waals surface area contributed by atoms with E-state index < -0.39 is 0 Å². The first-order chi connectivity index (χ1) is 11.8. The Kier molecular flexibility index (Phi) is 6.26. The summed E-state index contributed by atoms with van der Waals surface area (Å²) < 4.78 is 0. The van der Waals surface area contributed by atoms with E-state index in [1.54, 1.807) is 0 Å². The molecule has 0 saturated carbocycles. The molecule has 1 aliphatic heterocycles. The van der Waals surface area contributed by atoms with E-state index in [0.29, 0.717) is 24.8 Å². The Morgan fingerprint density at radius 3 is 2.20 bits per heavy atom. The van der Waals surface area contributed by atoms with E-state index in [-0.39, 0.29) is 23.8 Å². The van der Waals surface area contributed by atoms with Crippen LogP contribution in [0.15, 0.2) is 18.2 Å². The summed E-state index contributed by atoms with van der Waals surface area (Å²) in [6.45, 7) is 13.2. The lowest BCUT2D eigenvalue weighted by molar-refractivity contribution is -0.129. The number of carbonyl (C=O) groups is 2. The van der Waals surface area contributed by atoms with Gasteiger partial charge in [-0.05, 0) is 36.3 Å². The fourth-order valence-corrected chi connectivity index (χ4v) is 3.47. The van der Waals surface area contributed by atoms with Gasteiger partial charge < -0.3 is 10.2 Å². The standard InChI is InChI=1S/C21H32N2O2/c1-7-15(6)23-12-16(11-19(23)24)21(25)22-20-17(13(2)3)9-8-10-18(20)14(4)5/h8-10,13-16H,7,11-12H2,1-6H3,(H,22,25). The van der Waals surface area contributed by atoms with Gasteiger partial charge in [-0.1, -0.05) is 52.8 Å². The molecular weight excluding hydrogens is 312 g/mol. The second-order valence-corrected chi connectivity index (χ2v) is 7.81. The molecule has 2 unspecified atom stereocenters. The molecule has 4 nitrogen and oxygen atoms in total. The highest BCUT2D eigenvalue weighted by atomic mass is 16.2. The van der Waals surface area contributed by atoms with Gasteiger partial charge in [-0.3, -0.25) is 9.59 Å². The number of hydrogen-bond donors (Lipinski definition) is 1. The van der Waals surface area contributed by atoms with Crippen molar-refractivity contribution in [1.82, 2.24) is 4.90 Å². The molecule has 1 aromatic carbocycles. The average Bonchev–Trinajstić information content (AvgIpc) is 2.95. The summed E-state index contributed by atoms with van der Waals surface area (Å²) in [5, 5.41) is 3.16. The Labute approximate surface area is 152 Å². The van der Waals surface area contributed by atoms with Crippen LogP contribution < -0.4 is 5.32 Å². The molecule has 2 amide bonds. The molecule has 138 valence electrons. The third-order valence-corrected chi connectivity index (χ3v) is 5.27. The van der Waals surface area contributed by atoms with Gasteiger partial charge in [0.25, 0.3) is 0 Å². The minimum Gasteiger partial charge on any atom is -0.339 e. The molecule has 0 aromatic heterocycles. The van der Waals surface area contributed by atoms with E-state index in [1.165, 1.54) is 0 Å². The quantitative estimate of drug-likeness (QED) is 0.825. The van der Waals surface area contributed by atoms with E-state index in [9.17, 15) is 9.59 Å². The summed E-state index contributed by atoms with van der Waals surface area (Å²) in [6, 6.07) is 6.42. The zero-order valence-corrected chi connectivity index (χ0v) is 16.4. The lowest BCUT2D eigenvalue weighted by atomic mass is 9.92. The van der Waals surface area contributed by atoms with Gasteiger partial charge in [0.1, 0.15) is 0 Å². The van der Waals surface area contributed by atoms with Crippen LogP contribution in [-0.2, 0) is 9.59 Å². The van der Waals surface area contributed by atoms with Gasteiger partial charge in [-0.15, -0.1) is 0 Å². The highest BCUT2D eigenvalue weighted by molar-refractivity contribution is 5.98. The number of benzene rings is 1. The number of anilines is 1. The second kappa shape index (κ2) is 8.03. The molecule has 1 aliphatic rings. The van der Waals surface area contributed by atoms with Crippen LogP contribution in [0, 0.1) is 5.92 Å². The molecule has 0 bridgehead atoms. The SMILES string of the molecule is CCC(C)N1CC(C(=O)Nc2c(C(C)C)cccc2C(C)C)CC1=O. The zero-order valence-electron chi connectivity index (χ0n) is 16.4. The first-order valence-corrected chi connectivity index (χ1v) is 9.49. The molecule has 1 saturated heterocycles. The molecule has 1 N–H and O–H groups in total. The van der Waals surface area contributed by atoms with Crippen LogP contribution in [-0.4, -0.2) is 29.3 Å². The van der Waals surface area contributed by atoms with E-state index >= 15 is 0 Å². The molecular formula is C21H32N2O2. The molecule has 1 heterocycles. The third kappa shape index (κ3) is 4.23. The highest BCUT2D eigenvalue weighted by Gasteiger charge is 2.36. The number of rotatable bonds is 6. The van der Waals surface area contributed by atoms with Crippen molar-refractivity contribution >= 4 is 17.5 Å². The number of para-hydroxylation sites is 1. The molecule has 1 aromatic rings. The van der Waals surface area contributed by atoms with Crippen LogP contribution >= 0.6 is 0 Å².